The molecule has 0 spiro atoms. The maximum absolute atomic E-state index is 5.41. The van der Waals surface area contributed by atoms with E-state index in [-0.39, 0.29) is 5.41 Å². The van der Waals surface area contributed by atoms with Crippen LogP contribution >= 0.6 is 0 Å². The largest absolute Gasteiger partial charge is 0.493 e. The summed E-state index contributed by atoms with van der Waals surface area (Å²) in [5.41, 5.74) is 1.43. The fourth-order valence-electron chi connectivity index (χ4n) is 2.86. The standard InChI is InChI=1S/C19H27N5O3/c1-19(2,3)16-17(20-13-6-7-14(25-4)15(12-13)26-5)21-18(23-22-16)24-8-10-27-11-9-24/h6-7,12H,8-11H2,1-5H3,(H,20,21,23). The lowest BCUT2D eigenvalue weighted by atomic mass is 9.92. The van der Waals surface area contributed by atoms with Crippen LogP contribution in [-0.4, -0.2) is 55.7 Å². The number of morpholine rings is 1. The number of nitrogens with zero attached hydrogens (tertiary/aromatic N) is 4. The minimum absolute atomic E-state index is 0.206. The summed E-state index contributed by atoms with van der Waals surface area (Å²) < 4.78 is 16.1. The maximum atomic E-state index is 5.41. The molecule has 8 nitrogen and oxygen atoms in total. The number of nitrogens with one attached hydrogen (secondary N) is 1. The van der Waals surface area contributed by atoms with Crippen LogP contribution in [0.3, 0.4) is 0 Å². The van der Waals surface area contributed by atoms with Crippen molar-refractivity contribution in [1.82, 2.24) is 15.2 Å². The highest BCUT2D eigenvalue weighted by atomic mass is 16.5. The molecule has 27 heavy (non-hydrogen) atoms. The summed E-state index contributed by atoms with van der Waals surface area (Å²) in [6, 6.07) is 5.65. The van der Waals surface area contributed by atoms with Crippen molar-refractivity contribution in [1.29, 1.82) is 0 Å². The molecule has 1 aromatic heterocycles. The SMILES string of the molecule is COc1ccc(Nc2nc(N3CCOCC3)nnc2C(C)(C)C)cc1OC. The van der Waals surface area contributed by atoms with Gasteiger partial charge in [-0.15, -0.1) is 10.2 Å². The summed E-state index contributed by atoms with van der Waals surface area (Å²) in [5.74, 6) is 2.62. The van der Waals surface area contributed by atoms with Gasteiger partial charge in [-0.3, -0.25) is 0 Å². The molecule has 1 N–H and O–H groups in total. The zero-order valence-corrected chi connectivity index (χ0v) is 16.6. The summed E-state index contributed by atoms with van der Waals surface area (Å²) in [7, 11) is 3.23. The summed E-state index contributed by atoms with van der Waals surface area (Å²) >= 11 is 0. The monoisotopic (exact) mass is 373 g/mol. The van der Waals surface area contributed by atoms with Gasteiger partial charge >= 0.3 is 0 Å². The smallest absolute Gasteiger partial charge is 0.247 e. The molecule has 0 aliphatic carbocycles. The molecule has 146 valence electrons. The van der Waals surface area contributed by atoms with Crippen molar-refractivity contribution in [3.63, 3.8) is 0 Å². The summed E-state index contributed by atoms with van der Waals surface area (Å²) in [5, 5.41) is 12.2. The quantitative estimate of drug-likeness (QED) is 0.857. The highest BCUT2D eigenvalue weighted by Gasteiger charge is 2.25. The van der Waals surface area contributed by atoms with E-state index in [0.717, 1.165) is 24.5 Å². The Hall–Kier alpha value is -2.61. The average Bonchev–Trinajstić information content (AvgIpc) is 2.67. The summed E-state index contributed by atoms with van der Waals surface area (Å²) in [6.45, 7) is 9.12. The number of hydrogen-bond acceptors (Lipinski definition) is 8. The molecule has 1 aliphatic heterocycles. The number of ether oxygens (including phenoxy) is 3. The van der Waals surface area contributed by atoms with Crippen LogP contribution in [0.15, 0.2) is 18.2 Å². The molecule has 8 heteroatoms. The summed E-state index contributed by atoms with van der Waals surface area (Å²) in [6.07, 6.45) is 0. The van der Waals surface area contributed by atoms with Crippen LogP contribution in [0.5, 0.6) is 11.5 Å². The van der Waals surface area contributed by atoms with Crippen molar-refractivity contribution in [2.45, 2.75) is 26.2 Å². The van der Waals surface area contributed by atoms with E-state index in [4.69, 9.17) is 19.2 Å². The lowest BCUT2D eigenvalue weighted by Gasteiger charge is -2.28. The van der Waals surface area contributed by atoms with Gasteiger partial charge in [0.05, 0.1) is 27.4 Å². The molecule has 1 aromatic carbocycles. The van der Waals surface area contributed by atoms with E-state index in [2.05, 4.69) is 41.2 Å². The molecule has 0 atom stereocenters. The molecular weight excluding hydrogens is 346 g/mol. The van der Waals surface area contributed by atoms with Crippen LogP contribution < -0.4 is 19.7 Å². The van der Waals surface area contributed by atoms with E-state index < -0.39 is 0 Å². The second kappa shape index (κ2) is 7.96. The molecule has 0 unspecified atom stereocenters. The Morgan fingerprint density at radius 2 is 1.74 bits per heavy atom. The van der Waals surface area contributed by atoms with Crippen molar-refractivity contribution in [2.24, 2.45) is 0 Å². The van der Waals surface area contributed by atoms with Crippen LogP contribution in [0.1, 0.15) is 26.5 Å². The zero-order valence-electron chi connectivity index (χ0n) is 16.6. The third-order valence-electron chi connectivity index (χ3n) is 4.33. The van der Waals surface area contributed by atoms with Crippen molar-refractivity contribution in [2.75, 3.05) is 50.7 Å². The van der Waals surface area contributed by atoms with Crippen LogP contribution in [-0.2, 0) is 10.2 Å². The van der Waals surface area contributed by atoms with E-state index in [9.17, 15) is 0 Å². The molecule has 0 bridgehead atoms. The van der Waals surface area contributed by atoms with Crippen molar-refractivity contribution >= 4 is 17.5 Å². The molecule has 1 fully saturated rings. The van der Waals surface area contributed by atoms with E-state index in [1.54, 1.807) is 14.2 Å². The van der Waals surface area contributed by atoms with Gasteiger partial charge in [0.1, 0.15) is 5.69 Å². The Bertz CT molecular complexity index is 785. The number of hydrogen-bond donors (Lipinski definition) is 1. The zero-order chi connectivity index (χ0) is 19.4. The predicted molar refractivity (Wildman–Crippen MR) is 104 cm³/mol. The van der Waals surface area contributed by atoms with Gasteiger partial charge in [-0.2, -0.15) is 4.98 Å². The molecule has 2 heterocycles. The van der Waals surface area contributed by atoms with Crippen LogP contribution in [0, 0.1) is 0 Å². The third kappa shape index (κ3) is 4.39. The fourth-order valence-corrected chi connectivity index (χ4v) is 2.86. The van der Waals surface area contributed by atoms with Crippen LogP contribution in [0.4, 0.5) is 17.5 Å². The first-order chi connectivity index (χ1) is 12.9. The molecule has 3 rings (SSSR count). The Morgan fingerprint density at radius 3 is 2.37 bits per heavy atom. The van der Waals surface area contributed by atoms with Gasteiger partial charge in [-0.05, 0) is 12.1 Å². The second-order valence-corrected chi connectivity index (χ2v) is 7.35. The van der Waals surface area contributed by atoms with E-state index >= 15 is 0 Å². The molecule has 0 radical (unpaired) electrons. The minimum atomic E-state index is -0.206. The first kappa shape index (κ1) is 19.2. The van der Waals surface area contributed by atoms with Gasteiger partial charge in [-0.25, -0.2) is 0 Å². The highest BCUT2D eigenvalue weighted by Crippen LogP contribution is 2.33. The van der Waals surface area contributed by atoms with Crippen molar-refractivity contribution in [3.8, 4) is 11.5 Å². The Kier molecular flexibility index (Phi) is 5.65. The highest BCUT2D eigenvalue weighted by molar-refractivity contribution is 5.64. The molecule has 1 aliphatic rings. The number of rotatable bonds is 5. The predicted octanol–water partition coefficient (Wildman–Crippen LogP) is 2.77. The van der Waals surface area contributed by atoms with Crippen LogP contribution in [0.2, 0.25) is 0 Å². The van der Waals surface area contributed by atoms with E-state index in [1.807, 2.05) is 18.2 Å². The van der Waals surface area contributed by atoms with Gasteiger partial charge in [0.2, 0.25) is 5.95 Å². The van der Waals surface area contributed by atoms with E-state index in [1.165, 1.54) is 0 Å². The second-order valence-electron chi connectivity index (χ2n) is 7.35. The van der Waals surface area contributed by atoms with Crippen LogP contribution in [0.25, 0.3) is 0 Å². The first-order valence-electron chi connectivity index (χ1n) is 8.99. The summed E-state index contributed by atoms with van der Waals surface area (Å²) in [4.78, 5) is 6.86. The lowest BCUT2D eigenvalue weighted by molar-refractivity contribution is 0.122. The minimum Gasteiger partial charge on any atom is -0.493 e. The molecule has 2 aromatic rings. The molecule has 1 saturated heterocycles. The number of aromatic nitrogens is 3. The van der Waals surface area contributed by atoms with Gasteiger partial charge < -0.3 is 24.4 Å². The van der Waals surface area contributed by atoms with E-state index in [0.29, 0.717) is 36.5 Å². The molecule has 0 saturated carbocycles. The number of benzene rings is 1. The topological polar surface area (TPSA) is 81.6 Å². The Morgan fingerprint density at radius 1 is 1.04 bits per heavy atom. The Labute approximate surface area is 159 Å². The first-order valence-corrected chi connectivity index (χ1v) is 8.99. The maximum Gasteiger partial charge on any atom is 0.247 e. The van der Waals surface area contributed by atoms with Gasteiger partial charge in [0.15, 0.2) is 17.3 Å². The number of anilines is 3. The molecule has 0 amide bonds. The molecular formula is C19H27N5O3. The van der Waals surface area contributed by atoms with Gasteiger partial charge in [0, 0.05) is 30.3 Å². The third-order valence-corrected chi connectivity index (χ3v) is 4.33. The average molecular weight is 373 g/mol. The fraction of sp³-hybridized carbons (Fsp3) is 0.526. The number of methoxy groups -OCH3 is 2. The lowest BCUT2D eigenvalue weighted by Crippen LogP contribution is -2.38. The normalized spacial score (nSPS) is 14.8. The van der Waals surface area contributed by atoms with Crippen molar-refractivity contribution < 1.29 is 14.2 Å². The Balaban J connectivity index is 1.96. The van der Waals surface area contributed by atoms with Gasteiger partial charge in [0.25, 0.3) is 0 Å². The van der Waals surface area contributed by atoms with Gasteiger partial charge in [-0.1, -0.05) is 20.8 Å². The van der Waals surface area contributed by atoms with Crippen molar-refractivity contribution in [3.05, 3.63) is 23.9 Å².